The normalized spacial score (nSPS) is 29.1. The molecule has 96 valence electrons. The van der Waals surface area contributed by atoms with Gasteiger partial charge in [-0.25, -0.2) is 0 Å². The molecule has 2 nitrogen and oxygen atoms in total. The highest BCUT2D eigenvalue weighted by molar-refractivity contribution is 4.94. The Labute approximate surface area is 100 Å². The third kappa shape index (κ3) is 4.84. The first-order valence-corrected chi connectivity index (χ1v) is 7.04. The molecule has 1 aliphatic carbocycles. The summed E-state index contributed by atoms with van der Waals surface area (Å²) in [5.74, 6) is 0. The van der Waals surface area contributed by atoms with Crippen LogP contribution in [0.3, 0.4) is 0 Å². The molecule has 1 aliphatic rings. The van der Waals surface area contributed by atoms with E-state index >= 15 is 0 Å². The maximum atomic E-state index is 10.1. The zero-order chi connectivity index (χ0) is 11.9. The first-order chi connectivity index (χ1) is 7.70. The van der Waals surface area contributed by atoms with Crippen molar-refractivity contribution < 1.29 is 9.84 Å². The van der Waals surface area contributed by atoms with Gasteiger partial charge >= 0.3 is 0 Å². The fourth-order valence-corrected chi connectivity index (χ4v) is 2.58. The van der Waals surface area contributed by atoms with E-state index in [0.717, 1.165) is 25.9 Å². The predicted octanol–water partition coefficient (Wildman–Crippen LogP) is 3.67. The Morgan fingerprint density at radius 3 is 2.31 bits per heavy atom. The van der Waals surface area contributed by atoms with Crippen LogP contribution in [-0.2, 0) is 4.74 Å². The van der Waals surface area contributed by atoms with E-state index in [0.29, 0.717) is 6.10 Å². The molecule has 0 spiro atoms. The van der Waals surface area contributed by atoms with Crippen LogP contribution in [0, 0.1) is 0 Å². The first-order valence-electron chi connectivity index (χ1n) is 7.04. The van der Waals surface area contributed by atoms with Gasteiger partial charge in [0.2, 0.25) is 0 Å². The van der Waals surface area contributed by atoms with Crippen molar-refractivity contribution in [2.24, 2.45) is 0 Å². The summed E-state index contributed by atoms with van der Waals surface area (Å²) in [6.07, 6.45) is 10.8. The number of rotatable bonds is 9. The second-order valence-corrected chi connectivity index (χ2v) is 5.23. The molecule has 1 saturated carbocycles. The summed E-state index contributed by atoms with van der Waals surface area (Å²) in [5.41, 5.74) is -0.384. The van der Waals surface area contributed by atoms with Gasteiger partial charge in [0.25, 0.3) is 0 Å². The maximum Gasteiger partial charge on any atom is 0.0697 e. The third-order valence-electron chi connectivity index (χ3n) is 3.61. The molecule has 0 aromatic rings. The molecule has 0 aromatic heterocycles. The molecular weight excluding hydrogens is 200 g/mol. The topological polar surface area (TPSA) is 29.5 Å². The Bertz CT molecular complexity index is 174. The third-order valence-corrected chi connectivity index (χ3v) is 3.61. The lowest BCUT2D eigenvalue weighted by Gasteiger charge is -2.43. The van der Waals surface area contributed by atoms with Crippen LogP contribution in [0.1, 0.15) is 71.6 Å². The molecule has 0 heterocycles. The lowest BCUT2D eigenvalue weighted by molar-refractivity contribution is -0.141. The molecule has 0 aromatic carbocycles. The predicted molar refractivity (Wildman–Crippen MR) is 67.6 cm³/mol. The van der Waals surface area contributed by atoms with Crippen molar-refractivity contribution in [2.75, 3.05) is 6.61 Å². The summed E-state index contributed by atoms with van der Waals surface area (Å²) in [5, 5.41) is 10.1. The van der Waals surface area contributed by atoms with Gasteiger partial charge in [-0.05, 0) is 13.3 Å². The lowest BCUT2D eigenvalue weighted by Crippen LogP contribution is -2.48. The zero-order valence-electron chi connectivity index (χ0n) is 11.0. The summed E-state index contributed by atoms with van der Waals surface area (Å²) in [4.78, 5) is 0. The average Bonchev–Trinajstić information content (AvgIpc) is 2.21. The monoisotopic (exact) mass is 228 g/mol. The van der Waals surface area contributed by atoms with Gasteiger partial charge in [-0.15, -0.1) is 0 Å². The Morgan fingerprint density at radius 2 is 1.69 bits per heavy atom. The van der Waals surface area contributed by atoms with Crippen molar-refractivity contribution >= 4 is 0 Å². The van der Waals surface area contributed by atoms with Crippen molar-refractivity contribution in [3.8, 4) is 0 Å². The highest BCUT2D eigenvalue weighted by Gasteiger charge is 2.42. The van der Waals surface area contributed by atoms with Gasteiger partial charge in [0, 0.05) is 19.4 Å². The van der Waals surface area contributed by atoms with Crippen molar-refractivity contribution in [3.63, 3.8) is 0 Å². The molecule has 0 atom stereocenters. The summed E-state index contributed by atoms with van der Waals surface area (Å²) < 4.78 is 5.47. The van der Waals surface area contributed by atoms with E-state index in [1.165, 1.54) is 38.5 Å². The second kappa shape index (κ2) is 7.29. The van der Waals surface area contributed by atoms with Gasteiger partial charge in [-0.1, -0.05) is 45.4 Å². The maximum absolute atomic E-state index is 10.1. The van der Waals surface area contributed by atoms with Crippen LogP contribution >= 0.6 is 0 Å². The number of ether oxygens (including phenoxy) is 1. The van der Waals surface area contributed by atoms with E-state index in [1.54, 1.807) is 0 Å². The molecule has 1 rings (SSSR count). The van der Waals surface area contributed by atoms with E-state index in [2.05, 4.69) is 6.92 Å². The molecular formula is C14H28O2. The van der Waals surface area contributed by atoms with Gasteiger partial charge < -0.3 is 9.84 Å². The summed E-state index contributed by atoms with van der Waals surface area (Å²) in [6.45, 7) is 5.04. The van der Waals surface area contributed by atoms with E-state index in [1.807, 2.05) is 6.92 Å². The van der Waals surface area contributed by atoms with Gasteiger partial charge in [0.15, 0.2) is 0 Å². The van der Waals surface area contributed by atoms with Crippen LogP contribution in [0.4, 0.5) is 0 Å². The smallest absolute Gasteiger partial charge is 0.0697 e. The van der Waals surface area contributed by atoms with Crippen LogP contribution < -0.4 is 0 Å². The van der Waals surface area contributed by atoms with Crippen LogP contribution in [0.2, 0.25) is 0 Å². The molecule has 0 aliphatic heterocycles. The minimum Gasteiger partial charge on any atom is -0.390 e. The minimum atomic E-state index is -0.384. The quantitative estimate of drug-likeness (QED) is 0.610. The van der Waals surface area contributed by atoms with Crippen LogP contribution in [-0.4, -0.2) is 23.4 Å². The molecule has 2 heteroatoms. The molecule has 0 bridgehead atoms. The number of hydrogen-bond acceptors (Lipinski definition) is 2. The van der Waals surface area contributed by atoms with Gasteiger partial charge in [-0.2, -0.15) is 0 Å². The van der Waals surface area contributed by atoms with Gasteiger partial charge in [0.1, 0.15) is 0 Å². The van der Waals surface area contributed by atoms with E-state index in [9.17, 15) is 5.11 Å². The highest BCUT2D eigenvalue weighted by atomic mass is 16.5. The Hall–Kier alpha value is -0.0800. The Balaban J connectivity index is 1.93. The number of aliphatic hydroxyl groups is 1. The zero-order valence-corrected chi connectivity index (χ0v) is 11.0. The van der Waals surface area contributed by atoms with Crippen molar-refractivity contribution in [1.82, 2.24) is 0 Å². The van der Waals surface area contributed by atoms with Crippen molar-refractivity contribution in [1.29, 1.82) is 0 Å². The second-order valence-electron chi connectivity index (χ2n) is 5.23. The number of unbranched alkanes of at least 4 members (excludes halogenated alkanes) is 5. The Morgan fingerprint density at radius 1 is 1.06 bits per heavy atom. The van der Waals surface area contributed by atoms with Crippen molar-refractivity contribution in [3.05, 3.63) is 0 Å². The molecule has 1 N–H and O–H groups in total. The Kier molecular flexibility index (Phi) is 6.37. The van der Waals surface area contributed by atoms with E-state index in [-0.39, 0.29) is 5.60 Å². The molecule has 16 heavy (non-hydrogen) atoms. The molecule has 1 fully saturated rings. The van der Waals surface area contributed by atoms with Gasteiger partial charge in [-0.3, -0.25) is 0 Å². The summed E-state index contributed by atoms with van der Waals surface area (Å²) in [7, 11) is 0. The van der Waals surface area contributed by atoms with E-state index < -0.39 is 0 Å². The van der Waals surface area contributed by atoms with E-state index in [4.69, 9.17) is 4.74 Å². The highest BCUT2D eigenvalue weighted by Crippen LogP contribution is 2.38. The molecule has 0 radical (unpaired) electrons. The molecule has 0 saturated heterocycles. The van der Waals surface area contributed by atoms with Crippen LogP contribution in [0.15, 0.2) is 0 Å². The fourth-order valence-electron chi connectivity index (χ4n) is 2.58. The van der Waals surface area contributed by atoms with Crippen LogP contribution in [0.25, 0.3) is 0 Å². The van der Waals surface area contributed by atoms with Crippen LogP contribution in [0.5, 0.6) is 0 Å². The largest absolute Gasteiger partial charge is 0.390 e. The average molecular weight is 228 g/mol. The SMILES string of the molecule is CCCCCCCCC1(O)CC(OCC)C1. The standard InChI is InChI=1S/C14H28O2/c1-3-5-6-7-8-9-10-14(15)11-13(12-14)16-4-2/h13,15H,3-12H2,1-2H3. The minimum absolute atomic E-state index is 0.329. The fraction of sp³-hybridized carbons (Fsp3) is 1.00. The molecule has 0 unspecified atom stereocenters. The number of hydrogen-bond donors (Lipinski definition) is 1. The summed E-state index contributed by atoms with van der Waals surface area (Å²) >= 11 is 0. The van der Waals surface area contributed by atoms with Crippen molar-refractivity contribution in [2.45, 2.75) is 83.3 Å². The summed E-state index contributed by atoms with van der Waals surface area (Å²) in [6, 6.07) is 0. The lowest BCUT2D eigenvalue weighted by atomic mass is 9.74. The van der Waals surface area contributed by atoms with Gasteiger partial charge in [0.05, 0.1) is 11.7 Å². The first kappa shape index (κ1) is 14.0. The molecule has 0 amide bonds.